The summed E-state index contributed by atoms with van der Waals surface area (Å²) in [6, 6.07) is 15.7. The monoisotopic (exact) mass is 722 g/mol. The highest BCUT2D eigenvalue weighted by molar-refractivity contribution is 7.23. The lowest BCUT2D eigenvalue weighted by atomic mass is 9.68. The molecule has 11 heteroatoms. The number of carbonyl (C=O) groups is 2. The van der Waals surface area contributed by atoms with Gasteiger partial charge in [-0.25, -0.2) is 13.2 Å². The molecule has 0 unspecified atom stereocenters. The summed E-state index contributed by atoms with van der Waals surface area (Å²) >= 11 is 2.87. The number of carbonyl (C=O) groups excluding carboxylic acids is 2. The first-order valence-electron chi connectivity index (χ1n) is 16.3. The normalized spacial score (nSPS) is 17.8. The number of nitrogens with zero attached hydrogens (tertiary/aromatic N) is 4. The quantitative estimate of drug-likeness (QED) is 0.150. The third kappa shape index (κ3) is 4.64. The van der Waals surface area contributed by atoms with Crippen LogP contribution < -0.4 is 0 Å². The highest BCUT2D eigenvalue weighted by atomic mass is 32.1. The Morgan fingerprint density at radius 1 is 0.635 bits per heavy atom. The molecule has 0 bridgehead atoms. The van der Waals surface area contributed by atoms with Crippen molar-refractivity contribution in [2.75, 3.05) is 0 Å². The van der Waals surface area contributed by atoms with Gasteiger partial charge in [-0.1, -0.05) is 19.3 Å². The molecule has 0 amide bonds. The average molecular weight is 723 g/mol. The van der Waals surface area contributed by atoms with Gasteiger partial charge >= 0.3 is 0 Å². The molecular formula is C41H21F3N4O2S2. The fraction of sp³-hybridized carbons (Fsp3) is 0.171. The number of benzene rings is 2. The molecular weight excluding hydrogens is 702 g/mol. The van der Waals surface area contributed by atoms with Crippen LogP contribution in [-0.4, -0.2) is 11.6 Å². The molecule has 0 radical (unpaired) electrons. The zero-order valence-electron chi connectivity index (χ0n) is 27.2. The Labute approximate surface area is 303 Å². The van der Waals surface area contributed by atoms with Crippen LogP contribution in [0, 0.1) is 69.7 Å². The molecule has 4 aromatic rings. The van der Waals surface area contributed by atoms with Gasteiger partial charge in [-0.15, -0.1) is 22.7 Å². The van der Waals surface area contributed by atoms with Gasteiger partial charge in [0.25, 0.3) is 0 Å². The van der Waals surface area contributed by atoms with Crippen molar-refractivity contribution in [3.05, 3.63) is 125 Å². The van der Waals surface area contributed by atoms with E-state index in [0.717, 1.165) is 76.1 Å². The molecule has 0 N–H and O–H groups in total. The molecule has 6 nitrogen and oxygen atoms in total. The molecule has 2 aromatic carbocycles. The molecule has 1 fully saturated rings. The third-order valence-corrected chi connectivity index (χ3v) is 12.7. The van der Waals surface area contributed by atoms with Crippen molar-refractivity contribution in [2.24, 2.45) is 0 Å². The molecule has 4 aliphatic rings. The molecule has 4 aliphatic carbocycles. The first kappa shape index (κ1) is 33.1. The van der Waals surface area contributed by atoms with Crippen molar-refractivity contribution >= 4 is 57.5 Å². The first-order chi connectivity index (χ1) is 25.0. The van der Waals surface area contributed by atoms with E-state index in [0.29, 0.717) is 10.4 Å². The van der Waals surface area contributed by atoms with E-state index in [-0.39, 0.29) is 61.1 Å². The molecule has 0 atom stereocenters. The summed E-state index contributed by atoms with van der Waals surface area (Å²) in [6.45, 7) is 1.55. The number of rotatable bonds is 2. The van der Waals surface area contributed by atoms with Gasteiger partial charge in [0.2, 0.25) is 0 Å². The predicted molar refractivity (Wildman–Crippen MR) is 190 cm³/mol. The number of allylic oxidation sites excluding steroid dienone is 6. The minimum atomic E-state index is -1.21. The number of hydrogen-bond donors (Lipinski definition) is 0. The first-order valence-corrected chi connectivity index (χ1v) is 17.9. The van der Waals surface area contributed by atoms with Gasteiger partial charge in [-0.2, -0.15) is 21.0 Å². The summed E-state index contributed by atoms with van der Waals surface area (Å²) in [5, 5.41) is 39.1. The van der Waals surface area contributed by atoms with Gasteiger partial charge in [0, 0.05) is 58.3 Å². The Bertz CT molecular complexity index is 2480. The maximum atomic E-state index is 14.6. The van der Waals surface area contributed by atoms with Crippen molar-refractivity contribution in [1.29, 1.82) is 21.0 Å². The number of fused-ring (bicyclic) bond motifs is 7. The van der Waals surface area contributed by atoms with E-state index in [1.165, 1.54) is 28.7 Å². The second kappa shape index (κ2) is 12.0. The topological polar surface area (TPSA) is 129 Å². The lowest BCUT2D eigenvalue weighted by molar-refractivity contribution is 0.103. The van der Waals surface area contributed by atoms with Crippen LogP contribution in [-0.2, 0) is 5.41 Å². The van der Waals surface area contributed by atoms with Gasteiger partial charge in [0.1, 0.15) is 41.2 Å². The predicted octanol–water partition coefficient (Wildman–Crippen LogP) is 9.93. The number of Topliss-reactive ketones (excluding diaryl/α,β-unsaturated/α-hetero) is 2. The van der Waals surface area contributed by atoms with E-state index in [1.807, 2.05) is 18.2 Å². The van der Waals surface area contributed by atoms with Gasteiger partial charge in [-0.05, 0) is 96.1 Å². The van der Waals surface area contributed by atoms with Crippen molar-refractivity contribution in [2.45, 2.75) is 44.4 Å². The van der Waals surface area contributed by atoms with Crippen molar-refractivity contribution in [3.63, 3.8) is 0 Å². The summed E-state index contributed by atoms with van der Waals surface area (Å²) in [6.07, 6.45) is 7.98. The van der Waals surface area contributed by atoms with Crippen LogP contribution in [0.2, 0.25) is 0 Å². The molecule has 2 aromatic heterocycles. The number of thiophene rings is 2. The van der Waals surface area contributed by atoms with Crippen molar-refractivity contribution in [3.8, 4) is 34.0 Å². The zero-order chi connectivity index (χ0) is 36.6. The van der Waals surface area contributed by atoms with Crippen LogP contribution in [0.5, 0.6) is 0 Å². The summed E-state index contributed by atoms with van der Waals surface area (Å²) in [5.41, 5.74) is 2.09. The van der Waals surface area contributed by atoms with E-state index in [2.05, 4.69) is 6.07 Å². The fourth-order valence-electron chi connectivity index (χ4n) is 8.05. The van der Waals surface area contributed by atoms with E-state index < -0.39 is 29.0 Å². The third-order valence-electron chi connectivity index (χ3n) is 10.4. The Morgan fingerprint density at radius 2 is 1.06 bits per heavy atom. The van der Waals surface area contributed by atoms with Crippen LogP contribution in [0.1, 0.15) is 90.4 Å². The number of ketones is 2. The number of hydrogen-bond acceptors (Lipinski definition) is 8. The summed E-state index contributed by atoms with van der Waals surface area (Å²) in [7, 11) is 0. The fourth-order valence-corrected chi connectivity index (χ4v) is 10.6. The maximum absolute atomic E-state index is 14.6. The Kier molecular flexibility index (Phi) is 7.63. The van der Waals surface area contributed by atoms with Gasteiger partial charge in [-0.3, -0.25) is 9.59 Å². The van der Waals surface area contributed by atoms with Gasteiger partial charge in [0.05, 0.1) is 0 Å². The molecule has 52 heavy (non-hydrogen) atoms. The van der Waals surface area contributed by atoms with Crippen LogP contribution in [0.15, 0.2) is 58.7 Å². The largest absolute Gasteiger partial charge is 0.289 e. The van der Waals surface area contributed by atoms with E-state index in [1.54, 1.807) is 31.2 Å². The Hall–Kier alpha value is -6.11. The molecule has 8 rings (SSSR count). The smallest absolute Gasteiger partial charge is 0.194 e. The maximum Gasteiger partial charge on any atom is 0.194 e. The highest BCUT2D eigenvalue weighted by Crippen LogP contribution is 2.61. The second-order valence-corrected chi connectivity index (χ2v) is 15.3. The highest BCUT2D eigenvalue weighted by Gasteiger charge is 2.47. The minimum absolute atomic E-state index is 0.00337. The van der Waals surface area contributed by atoms with E-state index >= 15 is 0 Å². The van der Waals surface area contributed by atoms with Gasteiger partial charge in [0.15, 0.2) is 23.2 Å². The number of halogens is 3. The summed E-state index contributed by atoms with van der Waals surface area (Å²) in [5.74, 6) is -4.06. The summed E-state index contributed by atoms with van der Waals surface area (Å²) in [4.78, 5) is 30.6. The molecule has 0 aliphatic heterocycles. The van der Waals surface area contributed by atoms with Crippen LogP contribution in [0.3, 0.4) is 0 Å². The molecule has 2 heterocycles. The van der Waals surface area contributed by atoms with Crippen molar-refractivity contribution < 1.29 is 22.8 Å². The number of aryl methyl sites for hydroxylation is 1. The Balaban J connectivity index is 1.28. The van der Waals surface area contributed by atoms with E-state index in [4.69, 9.17) is 0 Å². The summed E-state index contributed by atoms with van der Waals surface area (Å²) < 4.78 is 43.2. The lowest BCUT2D eigenvalue weighted by Crippen LogP contribution is -2.27. The molecule has 1 spiro atoms. The SMILES string of the molecule is Cc1cc2c(cc1F)C(=O)/C(=C\c1cc3c(s1)-c1sc(/C=C4\C(=O)c5cc(F)c(F)cc5C4=C(C#N)C#N)cc1C31CCCCC1)C2=C(C#N)C#N. The van der Waals surface area contributed by atoms with Crippen LogP contribution in [0.25, 0.3) is 33.1 Å². The Morgan fingerprint density at radius 3 is 1.52 bits per heavy atom. The van der Waals surface area contributed by atoms with E-state index in [9.17, 15) is 43.8 Å². The molecule has 0 saturated heterocycles. The van der Waals surface area contributed by atoms with Crippen LogP contribution >= 0.6 is 22.7 Å². The molecule has 250 valence electrons. The average Bonchev–Trinajstić information content (AvgIpc) is 3.91. The zero-order valence-corrected chi connectivity index (χ0v) is 28.8. The van der Waals surface area contributed by atoms with Crippen LogP contribution in [0.4, 0.5) is 13.2 Å². The minimum Gasteiger partial charge on any atom is -0.289 e. The molecule has 1 saturated carbocycles. The van der Waals surface area contributed by atoms with Gasteiger partial charge < -0.3 is 0 Å². The van der Waals surface area contributed by atoms with Crippen molar-refractivity contribution in [1.82, 2.24) is 0 Å². The standard InChI is InChI=1S/C41H21F3N4O2S2/c1-19-7-24-26(13-32(19)42)37(49)28(35(24)20(15-45)16-46)8-22-10-30-39(51-22)40-31(41(30)5-3-2-4-6-41)11-23(52-40)9-29-36(21(17-47)18-48)25-12-33(43)34(44)14-27(25)38(29)50/h7-14H,2-6H2,1H3/b28-8-,29-9-. The second-order valence-electron chi connectivity index (χ2n) is 13.1. The number of nitriles is 4. The lowest BCUT2D eigenvalue weighted by Gasteiger charge is -2.34.